The molecule has 91 valence electrons. The zero-order valence-electron chi connectivity index (χ0n) is 9.94. The zero-order chi connectivity index (χ0) is 11.2. The zero-order valence-corrected chi connectivity index (χ0v) is 12.3. The number of rotatable bonds is 4. The summed E-state index contributed by atoms with van der Waals surface area (Å²) < 4.78 is 0. The molecule has 0 fully saturated rings. The molecule has 1 radical (unpaired) electrons. The summed E-state index contributed by atoms with van der Waals surface area (Å²) in [7, 11) is 0. The van der Waals surface area contributed by atoms with Gasteiger partial charge in [-0.1, -0.05) is 38.3 Å². The van der Waals surface area contributed by atoms with E-state index in [1.807, 2.05) is 24.4 Å². The molecule has 0 saturated carbocycles. The molecule has 0 spiro atoms. The predicted octanol–water partition coefficient (Wildman–Crippen LogP) is 3.89. The van der Waals surface area contributed by atoms with Crippen molar-refractivity contribution in [1.82, 2.24) is 4.98 Å². The van der Waals surface area contributed by atoms with Gasteiger partial charge >= 0.3 is 0 Å². The Bertz CT molecular complexity index is 422. The maximum Gasteiger partial charge on any atom is 0.0160 e. The van der Waals surface area contributed by atoms with Crippen LogP contribution in [0.15, 0.2) is 42.6 Å². The quantitative estimate of drug-likeness (QED) is 0.707. The van der Waals surface area contributed by atoms with Crippen molar-refractivity contribution in [2.24, 2.45) is 0 Å². The second kappa shape index (κ2) is 7.37. The first kappa shape index (κ1) is 14.1. The van der Waals surface area contributed by atoms with Gasteiger partial charge in [0, 0.05) is 26.3 Å². The Morgan fingerprint density at radius 3 is 2.65 bits per heavy atom. The molecule has 1 heterocycles. The maximum atomic E-state index is 4.31. The van der Waals surface area contributed by atoms with Crippen molar-refractivity contribution in [2.75, 3.05) is 0 Å². The summed E-state index contributed by atoms with van der Waals surface area (Å²) in [5.74, 6) is 0. The van der Waals surface area contributed by atoms with Crippen molar-refractivity contribution < 1.29 is 20.1 Å². The third-order valence-corrected chi connectivity index (χ3v) is 2.64. The fourth-order valence-electron chi connectivity index (χ4n) is 1.67. The Morgan fingerprint density at radius 1 is 1.18 bits per heavy atom. The van der Waals surface area contributed by atoms with Gasteiger partial charge in [0.1, 0.15) is 0 Å². The summed E-state index contributed by atoms with van der Waals surface area (Å²) in [4.78, 5) is 4.31. The number of pyridine rings is 1. The van der Waals surface area contributed by atoms with Gasteiger partial charge in [-0.25, -0.2) is 0 Å². The van der Waals surface area contributed by atoms with E-state index in [1.54, 1.807) is 0 Å². The number of unbranched alkanes of at least 4 members (excludes halogenated alkanes) is 1. The van der Waals surface area contributed by atoms with E-state index in [0.29, 0.717) is 0 Å². The molecule has 0 unspecified atom stereocenters. The summed E-state index contributed by atoms with van der Waals surface area (Å²) in [6, 6.07) is 15.6. The first-order valence-electron chi connectivity index (χ1n) is 5.82. The number of benzene rings is 1. The fourth-order valence-corrected chi connectivity index (χ4v) is 1.67. The molecule has 0 aliphatic heterocycles. The van der Waals surface area contributed by atoms with Crippen molar-refractivity contribution in [2.45, 2.75) is 26.2 Å². The topological polar surface area (TPSA) is 12.9 Å². The van der Waals surface area contributed by atoms with Crippen molar-refractivity contribution in [3.63, 3.8) is 0 Å². The van der Waals surface area contributed by atoms with E-state index in [1.165, 1.54) is 18.4 Å². The number of hydrogen-bond acceptors (Lipinski definition) is 1. The third kappa shape index (κ3) is 4.07. The molecule has 1 aromatic heterocycles. The van der Waals surface area contributed by atoms with Crippen LogP contribution in [0.2, 0.25) is 0 Å². The van der Waals surface area contributed by atoms with E-state index < -0.39 is 0 Å². The molecule has 0 N–H and O–H groups in total. The molecule has 0 bridgehead atoms. The molecule has 2 heteroatoms. The van der Waals surface area contributed by atoms with Crippen LogP contribution in [0.1, 0.15) is 25.3 Å². The van der Waals surface area contributed by atoms with Crippen LogP contribution in [0, 0.1) is 6.07 Å². The van der Waals surface area contributed by atoms with Crippen LogP contribution in [0.3, 0.4) is 0 Å². The predicted molar refractivity (Wildman–Crippen MR) is 67.1 cm³/mol. The van der Waals surface area contributed by atoms with Crippen LogP contribution in [-0.4, -0.2) is 4.98 Å². The molecule has 2 aromatic rings. The fraction of sp³-hybridized carbons (Fsp3) is 0.267. The monoisotopic (exact) mass is 403 g/mol. The minimum atomic E-state index is 0. The molecule has 0 aliphatic carbocycles. The smallest absolute Gasteiger partial charge is 0.0160 e. The van der Waals surface area contributed by atoms with Gasteiger partial charge in [0.25, 0.3) is 0 Å². The molecule has 2 rings (SSSR count). The van der Waals surface area contributed by atoms with Crippen molar-refractivity contribution in [3.8, 4) is 11.3 Å². The van der Waals surface area contributed by atoms with Crippen molar-refractivity contribution >= 4 is 0 Å². The molecule has 0 saturated heterocycles. The summed E-state index contributed by atoms with van der Waals surface area (Å²) in [6.45, 7) is 2.21. The van der Waals surface area contributed by atoms with Gasteiger partial charge in [0.05, 0.1) is 0 Å². The molecule has 17 heavy (non-hydrogen) atoms. The van der Waals surface area contributed by atoms with Crippen LogP contribution < -0.4 is 0 Å². The molecular formula is C15H16IrN-. The van der Waals surface area contributed by atoms with Gasteiger partial charge in [0.15, 0.2) is 0 Å². The van der Waals surface area contributed by atoms with E-state index in [9.17, 15) is 0 Å². The van der Waals surface area contributed by atoms with Gasteiger partial charge in [-0.3, -0.25) is 0 Å². The van der Waals surface area contributed by atoms with Crippen LogP contribution in [0.25, 0.3) is 11.3 Å². The van der Waals surface area contributed by atoms with Crippen LogP contribution in [0.5, 0.6) is 0 Å². The van der Waals surface area contributed by atoms with Crippen LogP contribution in [-0.2, 0) is 26.5 Å². The molecule has 0 amide bonds. The first-order valence-corrected chi connectivity index (χ1v) is 5.82. The summed E-state index contributed by atoms with van der Waals surface area (Å²) in [5, 5.41) is 0. The average molecular weight is 403 g/mol. The van der Waals surface area contributed by atoms with E-state index in [0.717, 1.165) is 17.7 Å². The second-order valence-corrected chi connectivity index (χ2v) is 3.93. The molecule has 0 aliphatic rings. The molecule has 0 atom stereocenters. The SMILES string of the molecule is CCCCc1c[c-]c(-c2ccccn2)cc1.[Ir]. The van der Waals surface area contributed by atoms with Crippen molar-refractivity contribution in [1.29, 1.82) is 0 Å². The van der Waals surface area contributed by atoms with Crippen LogP contribution in [0.4, 0.5) is 0 Å². The molecule has 1 aromatic carbocycles. The number of hydrogen-bond donors (Lipinski definition) is 0. The Labute approximate surface area is 117 Å². The Kier molecular flexibility index (Phi) is 6.10. The minimum absolute atomic E-state index is 0. The van der Waals surface area contributed by atoms with Crippen LogP contribution >= 0.6 is 0 Å². The van der Waals surface area contributed by atoms with E-state index in [2.05, 4.69) is 36.2 Å². The average Bonchev–Trinajstić information content (AvgIpc) is 2.38. The van der Waals surface area contributed by atoms with E-state index >= 15 is 0 Å². The maximum absolute atomic E-state index is 4.31. The minimum Gasteiger partial charge on any atom is -0.305 e. The van der Waals surface area contributed by atoms with Gasteiger partial charge in [-0.2, -0.15) is 0 Å². The summed E-state index contributed by atoms with van der Waals surface area (Å²) in [5.41, 5.74) is 3.42. The largest absolute Gasteiger partial charge is 0.305 e. The number of nitrogens with zero attached hydrogens (tertiary/aromatic N) is 1. The van der Waals surface area contributed by atoms with Gasteiger partial charge in [-0.15, -0.1) is 35.4 Å². The van der Waals surface area contributed by atoms with Gasteiger partial charge in [-0.05, 0) is 11.8 Å². The second-order valence-electron chi connectivity index (χ2n) is 3.93. The van der Waals surface area contributed by atoms with E-state index in [-0.39, 0.29) is 20.1 Å². The van der Waals surface area contributed by atoms with Gasteiger partial charge in [0.2, 0.25) is 0 Å². The third-order valence-electron chi connectivity index (χ3n) is 2.64. The Morgan fingerprint density at radius 2 is 2.06 bits per heavy atom. The summed E-state index contributed by atoms with van der Waals surface area (Å²) >= 11 is 0. The van der Waals surface area contributed by atoms with E-state index in [4.69, 9.17) is 0 Å². The normalized spacial score (nSPS) is 9.71. The summed E-state index contributed by atoms with van der Waals surface area (Å²) in [6.07, 6.45) is 5.45. The molecule has 1 nitrogen and oxygen atoms in total. The first-order chi connectivity index (χ1) is 7.90. The molecular weight excluding hydrogens is 386 g/mol. The van der Waals surface area contributed by atoms with Crippen molar-refractivity contribution in [3.05, 3.63) is 54.2 Å². The Hall–Kier alpha value is -0.981. The number of aromatic nitrogens is 1. The number of aryl methyl sites for hydroxylation is 1. The van der Waals surface area contributed by atoms with Gasteiger partial charge < -0.3 is 4.98 Å². The standard InChI is InChI=1S/C15H16N.Ir/c1-2-3-6-13-8-10-14(11-9-13)15-7-4-5-12-16-15;/h4-5,7-10,12H,2-3,6H2,1H3;/q-1;. The Balaban J connectivity index is 0.00000144.